The molecule has 0 spiro atoms. The second-order valence-corrected chi connectivity index (χ2v) is 13.6. The second-order valence-electron chi connectivity index (χ2n) is 11.8. The molecule has 0 saturated carbocycles. The van der Waals surface area contributed by atoms with Crippen molar-refractivity contribution >= 4 is 33.1 Å². The minimum absolute atomic E-state index is 0.202. The quantitative estimate of drug-likeness (QED) is 0.328. The number of fused-ring (bicyclic) bond motifs is 1. The predicted octanol–water partition coefficient (Wildman–Crippen LogP) is 4.11. The summed E-state index contributed by atoms with van der Waals surface area (Å²) in [5, 5.41) is 8.56. The largest absolute Gasteiger partial charge is 0.353 e. The molecule has 4 heterocycles. The molecule has 2 aliphatic heterocycles. The maximum Gasteiger partial charge on any atom is 0.256 e. The van der Waals surface area contributed by atoms with Crippen molar-refractivity contribution in [2.24, 2.45) is 0 Å². The molecule has 4 aromatic rings. The van der Waals surface area contributed by atoms with Crippen LogP contribution in [-0.2, 0) is 16.4 Å². The Labute approximate surface area is 253 Å². The van der Waals surface area contributed by atoms with Crippen molar-refractivity contribution in [3.8, 4) is 0 Å². The fourth-order valence-electron chi connectivity index (χ4n) is 6.32. The Morgan fingerprint density at radius 3 is 2.67 bits per heavy atom. The van der Waals surface area contributed by atoms with Gasteiger partial charge in [0.1, 0.15) is 5.82 Å². The zero-order chi connectivity index (χ0) is 30.1. The van der Waals surface area contributed by atoms with E-state index in [1.807, 2.05) is 34.7 Å². The second kappa shape index (κ2) is 12.0. The Morgan fingerprint density at radius 1 is 1.07 bits per heavy atom. The lowest BCUT2D eigenvalue weighted by Crippen LogP contribution is -2.52. The third-order valence-electron chi connectivity index (χ3n) is 8.31. The van der Waals surface area contributed by atoms with Crippen LogP contribution in [0.5, 0.6) is 0 Å². The minimum Gasteiger partial charge on any atom is -0.353 e. The van der Waals surface area contributed by atoms with Gasteiger partial charge in [0, 0.05) is 50.0 Å². The van der Waals surface area contributed by atoms with Gasteiger partial charge in [-0.25, -0.2) is 17.9 Å². The number of sulfonamides is 1. The van der Waals surface area contributed by atoms with E-state index in [-0.39, 0.29) is 11.9 Å². The average molecular weight is 602 g/mol. The zero-order valence-corrected chi connectivity index (χ0v) is 25.8. The summed E-state index contributed by atoms with van der Waals surface area (Å²) in [5.41, 5.74) is 5.44. The Bertz CT molecular complexity index is 1740. The number of aromatic nitrogens is 3. The predicted molar refractivity (Wildman–Crippen MR) is 169 cm³/mol. The number of hydrogen-bond donors (Lipinski definition) is 2. The number of hydrogen-bond acceptors (Lipinski definition) is 7. The van der Waals surface area contributed by atoms with Crippen molar-refractivity contribution in [1.29, 1.82) is 0 Å². The molecule has 0 radical (unpaired) electrons. The number of carbonyl (C=O) groups excluding carboxylic acids is 1. The maximum atomic E-state index is 14.0. The van der Waals surface area contributed by atoms with Crippen LogP contribution < -0.4 is 14.9 Å². The van der Waals surface area contributed by atoms with E-state index in [1.165, 1.54) is 5.56 Å². The molecule has 10 nitrogen and oxygen atoms in total. The lowest BCUT2D eigenvalue weighted by atomic mass is 9.97. The van der Waals surface area contributed by atoms with Crippen molar-refractivity contribution in [1.82, 2.24) is 24.8 Å². The van der Waals surface area contributed by atoms with Gasteiger partial charge in [-0.1, -0.05) is 42.0 Å². The first-order valence-electron chi connectivity index (χ1n) is 14.9. The molecule has 2 aromatic carbocycles. The third-order valence-corrected chi connectivity index (χ3v) is 8.90. The summed E-state index contributed by atoms with van der Waals surface area (Å²) in [5.74, 6) is 0.762. The van der Waals surface area contributed by atoms with E-state index in [0.717, 1.165) is 79.9 Å². The summed E-state index contributed by atoms with van der Waals surface area (Å²) in [4.78, 5) is 23.2. The molecular formula is C32H39N7O3S. The normalized spacial score (nSPS) is 19.5. The molecule has 0 unspecified atom stereocenters. The van der Waals surface area contributed by atoms with Crippen LogP contribution in [0, 0.1) is 13.8 Å². The standard InChI is InChI=1S/C32H39N7O3S/c1-22-12-13-27(36-43(3,41)42)26(17-22)32(40)38-15-8-7-11-29(38)28-19-30-34-31(23(2)20-39(30)35-28)37-16-14-33-25(21-37)18-24-9-5-4-6-10-24/h4-6,9-10,12-13,17,19-20,25,29,33,36H,7-8,11,14-16,18,21H2,1-3H3/t25-,29+/m1/s1. The number of rotatable bonds is 7. The highest BCUT2D eigenvalue weighted by Gasteiger charge is 2.32. The molecule has 11 heteroatoms. The number of piperidine rings is 1. The zero-order valence-electron chi connectivity index (χ0n) is 25.0. The van der Waals surface area contributed by atoms with Gasteiger partial charge in [0.05, 0.1) is 29.2 Å². The fraction of sp³-hybridized carbons (Fsp3) is 0.406. The highest BCUT2D eigenvalue weighted by Crippen LogP contribution is 2.34. The van der Waals surface area contributed by atoms with Crippen LogP contribution in [0.4, 0.5) is 11.5 Å². The number of benzene rings is 2. The molecule has 6 rings (SSSR count). The smallest absolute Gasteiger partial charge is 0.256 e. The molecule has 2 atom stereocenters. The van der Waals surface area contributed by atoms with Gasteiger partial charge in [-0.3, -0.25) is 9.52 Å². The van der Waals surface area contributed by atoms with Gasteiger partial charge in [0.2, 0.25) is 10.0 Å². The van der Waals surface area contributed by atoms with E-state index in [4.69, 9.17) is 10.1 Å². The van der Waals surface area contributed by atoms with Gasteiger partial charge in [-0.05, 0) is 57.2 Å². The molecule has 2 N–H and O–H groups in total. The summed E-state index contributed by atoms with van der Waals surface area (Å²) in [7, 11) is -3.55. The number of anilines is 2. The van der Waals surface area contributed by atoms with Crippen LogP contribution in [0.15, 0.2) is 60.8 Å². The molecular weight excluding hydrogens is 562 g/mol. The van der Waals surface area contributed by atoms with E-state index in [9.17, 15) is 13.2 Å². The average Bonchev–Trinajstić information content (AvgIpc) is 3.40. The number of nitrogens with zero attached hydrogens (tertiary/aromatic N) is 5. The molecule has 2 aromatic heterocycles. The first-order chi connectivity index (χ1) is 20.6. The number of piperazine rings is 1. The van der Waals surface area contributed by atoms with Gasteiger partial charge in [0.15, 0.2) is 5.65 Å². The van der Waals surface area contributed by atoms with Gasteiger partial charge >= 0.3 is 0 Å². The molecule has 1 amide bonds. The van der Waals surface area contributed by atoms with Gasteiger partial charge < -0.3 is 15.1 Å². The number of likely N-dealkylation sites (tertiary alicyclic amines) is 1. The van der Waals surface area contributed by atoms with Gasteiger partial charge in [-0.2, -0.15) is 5.10 Å². The Morgan fingerprint density at radius 2 is 1.88 bits per heavy atom. The summed E-state index contributed by atoms with van der Waals surface area (Å²) in [6.45, 7) is 7.17. The monoisotopic (exact) mass is 601 g/mol. The number of amides is 1. The SMILES string of the molecule is Cc1ccc(NS(C)(=O)=O)c(C(=O)N2CCCC[C@H]2c2cc3nc(N4CCN[C@H](Cc5ccccc5)C4)c(C)cn3n2)c1. The number of carbonyl (C=O) groups is 1. The highest BCUT2D eigenvalue weighted by atomic mass is 32.2. The molecule has 43 heavy (non-hydrogen) atoms. The molecule has 226 valence electrons. The Hall–Kier alpha value is -3.96. The van der Waals surface area contributed by atoms with Crippen molar-refractivity contribution in [2.75, 3.05) is 42.1 Å². The Balaban J connectivity index is 1.26. The molecule has 0 bridgehead atoms. The van der Waals surface area contributed by atoms with Gasteiger partial charge in [0.25, 0.3) is 5.91 Å². The first-order valence-corrected chi connectivity index (χ1v) is 16.8. The van der Waals surface area contributed by atoms with E-state index < -0.39 is 10.0 Å². The van der Waals surface area contributed by atoms with E-state index in [1.54, 1.807) is 18.2 Å². The lowest BCUT2D eigenvalue weighted by Gasteiger charge is -2.35. The maximum absolute atomic E-state index is 14.0. The van der Waals surface area contributed by atoms with Crippen LogP contribution in [0.2, 0.25) is 0 Å². The minimum atomic E-state index is -3.55. The highest BCUT2D eigenvalue weighted by molar-refractivity contribution is 7.92. The van der Waals surface area contributed by atoms with Crippen molar-refractivity contribution < 1.29 is 13.2 Å². The summed E-state index contributed by atoms with van der Waals surface area (Å²) in [6, 6.07) is 17.9. The molecule has 2 saturated heterocycles. The summed E-state index contributed by atoms with van der Waals surface area (Å²) < 4.78 is 28.4. The van der Waals surface area contributed by atoms with E-state index in [2.05, 4.69) is 46.1 Å². The van der Waals surface area contributed by atoms with Crippen LogP contribution in [0.3, 0.4) is 0 Å². The Kier molecular flexibility index (Phi) is 8.11. The van der Waals surface area contributed by atoms with Crippen LogP contribution in [-0.4, -0.2) is 72.3 Å². The summed E-state index contributed by atoms with van der Waals surface area (Å²) >= 11 is 0. The van der Waals surface area contributed by atoms with Crippen molar-refractivity contribution in [3.05, 3.63) is 88.7 Å². The van der Waals surface area contributed by atoms with Crippen molar-refractivity contribution in [3.63, 3.8) is 0 Å². The first kappa shape index (κ1) is 29.1. The van der Waals surface area contributed by atoms with E-state index in [0.29, 0.717) is 23.8 Å². The topological polar surface area (TPSA) is 112 Å². The molecule has 0 aliphatic carbocycles. The molecule has 2 fully saturated rings. The van der Waals surface area contributed by atoms with Crippen molar-refractivity contribution in [2.45, 2.75) is 51.6 Å². The van der Waals surface area contributed by atoms with Crippen LogP contribution in [0.1, 0.15) is 58.0 Å². The van der Waals surface area contributed by atoms with Crippen LogP contribution >= 0.6 is 0 Å². The van der Waals surface area contributed by atoms with E-state index >= 15 is 0 Å². The van der Waals surface area contributed by atoms with Crippen LogP contribution in [0.25, 0.3) is 5.65 Å². The van der Waals surface area contributed by atoms with Gasteiger partial charge in [-0.15, -0.1) is 0 Å². The molecule has 2 aliphatic rings. The third kappa shape index (κ3) is 6.52. The number of aryl methyl sites for hydroxylation is 2. The fourth-order valence-corrected chi connectivity index (χ4v) is 6.89. The number of nitrogens with one attached hydrogen (secondary N) is 2. The summed E-state index contributed by atoms with van der Waals surface area (Å²) in [6.07, 6.45) is 6.72. The lowest BCUT2D eigenvalue weighted by molar-refractivity contribution is 0.0606.